The Morgan fingerprint density at radius 1 is 1.17 bits per heavy atom. The molecule has 1 aliphatic rings. The average Bonchev–Trinajstić information content (AvgIpc) is 2.70. The van der Waals surface area contributed by atoms with Crippen LogP contribution in [0.15, 0.2) is 76.1 Å². The van der Waals surface area contributed by atoms with E-state index >= 15 is 0 Å². The lowest BCUT2D eigenvalue weighted by Gasteiger charge is -2.35. The molecule has 1 fully saturated rings. The molecule has 2 aromatic rings. The monoisotopic (exact) mass is 391 g/mol. The van der Waals surface area contributed by atoms with Crippen LogP contribution in [-0.2, 0) is 4.79 Å². The van der Waals surface area contributed by atoms with Crippen LogP contribution >= 0.6 is 0 Å². The lowest BCUT2D eigenvalue weighted by Crippen LogP contribution is -2.40. The number of nitrogens with two attached hydrogens (primary N) is 1. The molecule has 3 rings (SSSR count). The molecular weight excluding hydrogens is 366 g/mol. The number of carbonyl (C=O) groups excluding carboxylic acids is 1. The minimum Gasteiger partial charge on any atom is -0.382 e. The van der Waals surface area contributed by atoms with Crippen LogP contribution in [0.1, 0.15) is 30.7 Å². The molecule has 150 valence electrons. The van der Waals surface area contributed by atoms with Crippen molar-refractivity contribution < 1.29 is 9.90 Å². The normalized spacial score (nSPS) is 16.4. The number of nitrogens with zero attached hydrogens (tertiary/aromatic N) is 3. The summed E-state index contributed by atoms with van der Waals surface area (Å²) < 4.78 is 0. The number of likely N-dealkylation sites (tertiary alicyclic amines) is 1. The van der Waals surface area contributed by atoms with Crippen molar-refractivity contribution in [2.75, 3.05) is 18.4 Å². The van der Waals surface area contributed by atoms with Gasteiger partial charge in [-0.25, -0.2) is 9.98 Å². The Morgan fingerprint density at radius 3 is 2.38 bits per heavy atom. The first kappa shape index (κ1) is 20.4. The lowest BCUT2D eigenvalue weighted by atomic mass is 10.1. The summed E-state index contributed by atoms with van der Waals surface area (Å²) in [6.07, 6.45) is 0.516. The maximum absolute atomic E-state index is 12.7. The molecule has 4 N–H and O–H groups in total. The summed E-state index contributed by atoms with van der Waals surface area (Å²) in [6, 6.07) is 16.5. The summed E-state index contributed by atoms with van der Waals surface area (Å²) in [4.78, 5) is 22.7. The van der Waals surface area contributed by atoms with E-state index in [9.17, 15) is 9.90 Å². The summed E-state index contributed by atoms with van der Waals surface area (Å²) in [5.41, 5.74) is 8.72. The first-order chi connectivity index (χ1) is 14.0. The molecule has 1 saturated heterocycles. The summed E-state index contributed by atoms with van der Waals surface area (Å²) in [7, 11) is 0. The lowest BCUT2D eigenvalue weighted by molar-refractivity contribution is -0.112. The number of aliphatic hydroxyl groups excluding tert-OH is 1. The van der Waals surface area contributed by atoms with Crippen LogP contribution in [0.25, 0.3) is 0 Å². The van der Waals surface area contributed by atoms with Crippen molar-refractivity contribution in [3.63, 3.8) is 0 Å². The topological polar surface area (TPSA) is 103 Å². The summed E-state index contributed by atoms with van der Waals surface area (Å²) in [5, 5.41) is 13.1. The molecule has 1 atom stereocenters. The van der Waals surface area contributed by atoms with Crippen LogP contribution in [-0.4, -0.2) is 41.4 Å². The maximum atomic E-state index is 12.7. The minimum absolute atomic E-state index is 0.00829. The summed E-state index contributed by atoms with van der Waals surface area (Å²) in [6.45, 7) is 6.99. The zero-order valence-corrected chi connectivity index (χ0v) is 16.4. The van der Waals surface area contributed by atoms with Gasteiger partial charge in [0.15, 0.2) is 11.5 Å². The third-order valence-corrected chi connectivity index (χ3v) is 4.80. The molecule has 7 nitrogen and oxygen atoms in total. The number of amides is 1. The number of benzene rings is 2. The molecule has 2 aromatic carbocycles. The number of carbonyl (C=O) groups is 1. The van der Waals surface area contributed by atoms with E-state index in [0.717, 1.165) is 30.6 Å². The van der Waals surface area contributed by atoms with Gasteiger partial charge in [0.05, 0.1) is 0 Å². The van der Waals surface area contributed by atoms with E-state index < -0.39 is 12.1 Å². The SMILES string of the molecule is C=N/C(N)=C(\N=C(C)c1ccc(C(O)N2CCC2)cc1)C(=O)Nc1ccccc1. The van der Waals surface area contributed by atoms with Crippen molar-refractivity contribution in [2.24, 2.45) is 15.7 Å². The smallest absolute Gasteiger partial charge is 0.278 e. The molecule has 0 aromatic heterocycles. The van der Waals surface area contributed by atoms with Crippen LogP contribution in [0.4, 0.5) is 5.69 Å². The second kappa shape index (κ2) is 9.27. The van der Waals surface area contributed by atoms with E-state index in [1.165, 1.54) is 0 Å². The van der Waals surface area contributed by atoms with E-state index in [0.29, 0.717) is 11.4 Å². The first-order valence-electron chi connectivity index (χ1n) is 9.40. The van der Waals surface area contributed by atoms with Crippen LogP contribution in [0.3, 0.4) is 0 Å². The quantitative estimate of drug-likeness (QED) is 0.499. The fourth-order valence-corrected chi connectivity index (χ4v) is 2.94. The molecule has 0 saturated carbocycles. The Balaban J connectivity index is 1.80. The van der Waals surface area contributed by atoms with Crippen molar-refractivity contribution in [3.05, 3.63) is 77.2 Å². The second-order valence-corrected chi connectivity index (χ2v) is 6.79. The van der Waals surface area contributed by atoms with Gasteiger partial charge in [-0.1, -0.05) is 42.5 Å². The minimum atomic E-state index is -0.595. The van der Waals surface area contributed by atoms with Crippen LogP contribution in [0, 0.1) is 0 Å². The predicted octanol–water partition coefficient (Wildman–Crippen LogP) is 2.66. The van der Waals surface area contributed by atoms with Gasteiger partial charge in [0.2, 0.25) is 0 Å². The Bertz CT molecular complexity index is 931. The van der Waals surface area contributed by atoms with Crippen molar-refractivity contribution in [3.8, 4) is 0 Å². The van der Waals surface area contributed by atoms with Crippen molar-refractivity contribution in [2.45, 2.75) is 19.6 Å². The number of hydrogen-bond donors (Lipinski definition) is 3. The van der Waals surface area contributed by atoms with Gasteiger partial charge in [0.25, 0.3) is 5.91 Å². The van der Waals surface area contributed by atoms with Gasteiger partial charge in [0, 0.05) is 24.5 Å². The maximum Gasteiger partial charge on any atom is 0.278 e. The fraction of sp³-hybridized carbons (Fsp3) is 0.227. The van der Waals surface area contributed by atoms with Gasteiger partial charge in [0.1, 0.15) is 6.23 Å². The summed E-state index contributed by atoms with van der Waals surface area (Å²) >= 11 is 0. The van der Waals surface area contributed by atoms with Crippen molar-refractivity contribution in [1.82, 2.24) is 4.90 Å². The van der Waals surface area contributed by atoms with Crippen LogP contribution in [0.5, 0.6) is 0 Å². The van der Waals surface area contributed by atoms with E-state index in [1.54, 1.807) is 19.1 Å². The predicted molar refractivity (Wildman–Crippen MR) is 116 cm³/mol. The van der Waals surface area contributed by atoms with Crippen molar-refractivity contribution in [1.29, 1.82) is 0 Å². The Kier molecular flexibility index (Phi) is 6.54. The highest BCUT2D eigenvalue weighted by Gasteiger charge is 2.23. The molecule has 0 radical (unpaired) electrons. The van der Waals surface area contributed by atoms with Gasteiger partial charge in [-0.2, -0.15) is 0 Å². The van der Waals surface area contributed by atoms with E-state index in [2.05, 4.69) is 22.0 Å². The molecule has 7 heteroatoms. The molecule has 0 spiro atoms. The number of para-hydroxylation sites is 1. The zero-order valence-electron chi connectivity index (χ0n) is 16.4. The third-order valence-electron chi connectivity index (χ3n) is 4.80. The Labute approximate surface area is 170 Å². The fourth-order valence-electron chi connectivity index (χ4n) is 2.94. The number of aliphatic hydroxyl groups is 1. The molecule has 1 unspecified atom stereocenters. The Hall–Kier alpha value is -3.29. The summed E-state index contributed by atoms with van der Waals surface area (Å²) in [5.74, 6) is -0.520. The zero-order chi connectivity index (χ0) is 20.8. The highest BCUT2D eigenvalue weighted by atomic mass is 16.3. The Morgan fingerprint density at radius 2 is 1.83 bits per heavy atom. The van der Waals surface area contributed by atoms with Gasteiger partial charge in [-0.05, 0) is 43.3 Å². The highest BCUT2D eigenvalue weighted by Crippen LogP contribution is 2.23. The number of aliphatic imine (C=N–C) groups is 2. The van der Waals surface area contributed by atoms with Crippen molar-refractivity contribution >= 4 is 24.0 Å². The largest absolute Gasteiger partial charge is 0.382 e. The van der Waals surface area contributed by atoms with E-state index in [-0.39, 0.29) is 11.5 Å². The van der Waals surface area contributed by atoms with E-state index in [1.807, 2.05) is 47.4 Å². The average molecular weight is 391 g/mol. The van der Waals surface area contributed by atoms with Gasteiger partial charge in [-0.15, -0.1) is 0 Å². The molecule has 0 bridgehead atoms. The highest BCUT2D eigenvalue weighted by molar-refractivity contribution is 6.08. The number of nitrogens with one attached hydrogen (secondary N) is 1. The van der Waals surface area contributed by atoms with Crippen LogP contribution in [0.2, 0.25) is 0 Å². The van der Waals surface area contributed by atoms with E-state index in [4.69, 9.17) is 5.73 Å². The van der Waals surface area contributed by atoms with Gasteiger partial charge >= 0.3 is 0 Å². The van der Waals surface area contributed by atoms with Crippen LogP contribution < -0.4 is 11.1 Å². The van der Waals surface area contributed by atoms with Gasteiger partial charge < -0.3 is 16.2 Å². The van der Waals surface area contributed by atoms with Gasteiger partial charge in [-0.3, -0.25) is 9.69 Å². The molecule has 1 heterocycles. The second-order valence-electron chi connectivity index (χ2n) is 6.79. The number of rotatable bonds is 7. The molecule has 29 heavy (non-hydrogen) atoms. The standard InChI is InChI=1S/C22H25N5O2/c1-15(16-9-11-17(12-10-16)22(29)27-13-6-14-27)25-19(20(23)24-2)21(28)26-18-7-4-3-5-8-18/h3-5,7-12,22,29H,2,6,13-14,23H2,1H3,(H,26,28)/b20-19-,25-15?. The number of anilines is 1. The molecule has 0 aliphatic carbocycles. The molecular formula is C22H25N5O2. The first-order valence-corrected chi connectivity index (χ1v) is 9.40. The number of hydrogen-bond acceptors (Lipinski definition) is 6. The molecule has 1 amide bonds. The third kappa shape index (κ3) is 4.96. The molecule has 1 aliphatic heterocycles.